The molecule has 6 heteroatoms. The number of nitrogens with zero attached hydrogens (tertiary/aromatic N) is 1. The number of benzene rings is 1. The molecule has 3 rings (SSSR count). The minimum Gasteiger partial charge on any atom is -0.401 e. The summed E-state index contributed by atoms with van der Waals surface area (Å²) in [7, 11) is 0. The van der Waals surface area contributed by atoms with Crippen molar-refractivity contribution >= 4 is 5.70 Å². The third-order valence-corrected chi connectivity index (χ3v) is 4.65. The van der Waals surface area contributed by atoms with Crippen LogP contribution in [0.15, 0.2) is 53.9 Å². The highest BCUT2D eigenvalue weighted by atomic mass is 19.1. The van der Waals surface area contributed by atoms with Crippen LogP contribution in [-0.2, 0) is 6.61 Å². The Morgan fingerprint density at radius 1 is 1.22 bits per heavy atom. The maximum absolute atomic E-state index is 13.9. The van der Waals surface area contributed by atoms with Crippen LogP contribution in [0.3, 0.4) is 0 Å². The van der Waals surface area contributed by atoms with E-state index >= 15 is 0 Å². The molecule has 172 valence electrons. The number of halogens is 2. The summed E-state index contributed by atoms with van der Waals surface area (Å²) < 4.78 is 27.9. The van der Waals surface area contributed by atoms with Crippen LogP contribution in [0.2, 0.25) is 0 Å². The molecule has 1 aliphatic rings. The first-order valence-corrected chi connectivity index (χ1v) is 10.5. The second kappa shape index (κ2) is 13.3. The molecule has 1 heterocycles. The molecule has 5 N–H and O–H groups in total. The second-order valence-corrected chi connectivity index (χ2v) is 8.10. The van der Waals surface area contributed by atoms with Crippen molar-refractivity contribution in [2.45, 2.75) is 52.6 Å². The molecule has 32 heavy (non-hydrogen) atoms. The highest BCUT2D eigenvalue weighted by molar-refractivity contribution is 5.67. The summed E-state index contributed by atoms with van der Waals surface area (Å²) in [4.78, 5) is 4.36. The van der Waals surface area contributed by atoms with Crippen molar-refractivity contribution in [3.63, 3.8) is 0 Å². The van der Waals surface area contributed by atoms with Crippen molar-refractivity contribution in [3.8, 4) is 12.8 Å². The molecule has 0 bridgehead atoms. The molecule has 1 atom stereocenters. The third kappa shape index (κ3) is 7.51. The second-order valence-electron chi connectivity index (χ2n) is 8.10. The average molecular weight is 442 g/mol. The molecule has 2 aromatic rings. The van der Waals surface area contributed by atoms with Gasteiger partial charge in [0.2, 0.25) is 0 Å². The summed E-state index contributed by atoms with van der Waals surface area (Å²) in [6.07, 6.45) is 13.5. The van der Waals surface area contributed by atoms with Gasteiger partial charge in [-0.25, -0.2) is 8.78 Å². The van der Waals surface area contributed by atoms with Crippen LogP contribution < -0.4 is 11.5 Å². The van der Waals surface area contributed by atoms with Crippen LogP contribution in [-0.4, -0.2) is 10.1 Å². The van der Waals surface area contributed by atoms with Gasteiger partial charge < -0.3 is 16.6 Å². The van der Waals surface area contributed by atoms with E-state index < -0.39 is 11.6 Å². The molecule has 0 amide bonds. The first kappa shape index (κ1) is 26.9. The van der Waals surface area contributed by atoms with Gasteiger partial charge in [-0.05, 0) is 66.7 Å². The van der Waals surface area contributed by atoms with Crippen molar-refractivity contribution in [2.75, 3.05) is 0 Å². The minimum absolute atomic E-state index is 0.0104. The zero-order valence-corrected chi connectivity index (χ0v) is 19.0. The fourth-order valence-electron chi connectivity index (χ4n) is 3.30. The number of allylic oxidation sites excluding steroid dienone is 3. The van der Waals surface area contributed by atoms with E-state index in [-0.39, 0.29) is 23.8 Å². The predicted octanol–water partition coefficient (Wildman–Crippen LogP) is 5.24. The van der Waals surface area contributed by atoms with Crippen molar-refractivity contribution in [3.05, 3.63) is 82.3 Å². The molecule has 0 fully saturated rings. The Hall–Kier alpha value is -3.17. The summed E-state index contributed by atoms with van der Waals surface area (Å²) in [5.41, 5.74) is 15.0. The molecular weight excluding hydrogens is 408 g/mol. The van der Waals surface area contributed by atoms with Gasteiger partial charge in [-0.15, -0.1) is 12.8 Å². The van der Waals surface area contributed by atoms with Crippen LogP contribution in [0.25, 0.3) is 5.70 Å². The number of terminal acetylenes is 1. The first-order valence-electron chi connectivity index (χ1n) is 10.5. The molecule has 1 aliphatic carbocycles. The lowest BCUT2D eigenvalue weighted by Crippen LogP contribution is -2.18. The maximum Gasteiger partial charge on any atom is 0.135 e. The number of hydrogen-bond acceptors (Lipinski definition) is 4. The normalized spacial score (nSPS) is 16.0. The molecule has 4 nitrogen and oxygen atoms in total. The van der Waals surface area contributed by atoms with Crippen LogP contribution in [0.4, 0.5) is 8.78 Å². The summed E-state index contributed by atoms with van der Waals surface area (Å²) >= 11 is 0. The van der Waals surface area contributed by atoms with E-state index in [1.807, 2.05) is 6.07 Å². The number of aromatic nitrogens is 1. The Balaban J connectivity index is 0.000000769. The van der Waals surface area contributed by atoms with E-state index in [9.17, 15) is 13.9 Å². The van der Waals surface area contributed by atoms with Crippen LogP contribution in [0.5, 0.6) is 0 Å². The summed E-state index contributed by atoms with van der Waals surface area (Å²) in [6.45, 7) is 6.43. The largest absolute Gasteiger partial charge is 0.401 e. The van der Waals surface area contributed by atoms with Gasteiger partial charge in [0.25, 0.3) is 0 Å². The van der Waals surface area contributed by atoms with E-state index in [4.69, 9.17) is 11.5 Å². The Morgan fingerprint density at radius 3 is 2.38 bits per heavy atom. The average Bonchev–Trinajstić information content (AvgIpc) is 2.76. The number of rotatable bonds is 4. The van der Waals surface area contributed by atoms with Crippen LogP contribution in [0.1, 0.15) is 62.8 Å². The van der Waals surface area contributed by atoms with E-state index in [2.05, 4.69) is 38.6 Å². The lowest BCUT2D eigenvalue weighted by molar-refractivity contribution is 0.281. The van der Waals surface area contributed by atoms with Crippen molar-refractivity contribution in [2.24, 2.45) is 17.4 Å². The van der Waals surface area contributed by atoms with Crippen LogP contribution >= 0.6 is 0 Å². The quantitative estimate of drug-likeness (QED) is 0.566. The topological polar surface area (TPSA) is 85.2 Å². The maximum atomic E-state index is 13.9. The van der Waals surface area contributed by atoms with Gasteiger partial charge in [0.15, 0.2) is 0 Å². The lowest BCUT2D eigenvalue weighted by Gasteiger charge is -2.25. The smallest absolute Gasteiger partial charge is 0.135 e. The molecular formula is C26H33F2N3O. The zero-order chi connectivity index (χ0) is 24.3. The van der Waals surface area contributed by atoms with Gasteiger partial charge in [0, 0.05) is 29.2 Å². The Labute approximate surface area is 190 Å². The highest BCUT2D eigenvalue weighted by Gasteiger charge is 2.23. The standard InChI is InChI=1S/C20H21F2N3O.C4H10.C2H2/c21-15-5-2-6-16(22)19(15)17(23)10-13-3-1-4-14(20(13)24)18-9-12(11-26)7-8-25-18;1-4(2)3;1-2/h2,5-10,14,26H,1,3-4,11,23-24H2;4H,1-3H3;1-2H/b17-10-;;. The van der Waals surface area contributed by atoms with Crippen molar-refractivity contribution in [1.82, 2.24) is 4.98 Å². The summed E-state index contributed by atoms with van der Waals surface area (Å²) in [5, 5.41) is 9.31. The summed E-state index contributed by atoms with van der Waals surface area (Å²) in [6, 6.07) is 7.21. The van der Waals surface area contributed by atoms with Gasteiger partial charge in [0.1, 0.15) is 11.6 Å². The van der Waals surface area contributed by atoms with Gasteiger partial charge in [-0.3, -0.25) is 4.98 Å². The van der Waals surface area contributed by atoms with Gasteiger partial charge >= 0.3 is 0 Å². The molecule has 0 saturated heterocycles. The van der Waals surface area contributed by atoms with E-state index in [1.54, 1.807) is 18.3 Å². The fourth-order valence-corrected chi connectivity index (χ4v) is 3.30. The van der Waals surface area contributed by atoms with Crippen LogP contribution in [0, 0.1) is 30.4 Å². The van der Waals surface area contributed by atoms with Crippen molar-refractivity contribution in [1.29, 1.82) is 0 Å². The monoisotopic (exact) mass is 441 g/mol. The summed E-state index contributed by atoms with van der Waals surface area (Å²) in [5.74, 6) is -0.690. The Bertz CT molecular complexity index is 942. The Kier molecular flexibility index (Phi) is 11.2. The Morgan fingerprint density at radius 2 is 1.81 bits per heavy atom. The minimum atomic E-state index is -0.706. The number of aliphatic hydroxyl groups excluding tert-OH is 1. The van der Waals surface area contributed by atoms with E-state index in [0.717, 1.165) is 35.6 Å². The van der Waals surface area contributed by atoms with E-state index in [1.165, 1.54) is 18.2 Å². The van der Waals surface area contributed by atoms with Gasteiger partial charge in [-0.2, -0.15) is 0 Å². The van der Waals surface area contributed by atoms with E-state index in [0.29, 0.717) is 12.1 Å². The molecule has 0 aliphatic heterocycles. The third-order valence-electron chi connectivity index (χ3n) is 4.65. The zero-order valence-electron chi connectivity index (χ0n) is 19.0. The highest BCUT2D eigenvalue weighted by Crippen LogP contribution is 2.35. The SMILES string of the molecule is C#C.CC(C)C.NC1=C(/C=C(\N)c2c(F)cccc2F)CCCC1c1cc(CO)ccn1. The first-order chi connectivity index (χ1) is 15.2. The van der Waals surface area contributed by atoms with Gasteiger partial charge in [-0.1, -0.05) is 26.8 Å². The van der Waals surface area contributed by atoms with Gasteiger partial charge in [0.05, 0.1) is 12.2 Å². The molecule has 1 aromatic heterocycles. The predicted molar refractivity (Wildman–Crippen MR) is 127 cm³/mol. The molecule has 0 radical (unpaired) electrons. The number of aliphatic hydroxyl groups is 1. The fraction of sp³-hybridized carbons (Fsp3) is 0.346. The lowest BCUT2D eigenvalue weighted by atomic mass is 9.84. The molecule has 1 aromatic carbocycles. The number of hydrogen-bond donors (Lipinski definition) is 3. The van der Waals surface area contributed by atoms with Crippen molar-refractivity contribution < 1.29 is 13.9 Å². The number of nitrogens with two attached hydrogens (primary N) is 2. The number of pyridine rings is 1. The molecule has 0 spiro atoms. The molecule has 0 saturated carbocycles. The molecule has 1 unspecified atom stereocenters.